The Bertz CT molecular complexity index is 1710. The van der Waals surface area contributed by atoms with Gasteiger partial charge in [-0.3, -0.25) is 24.9 Å². The molecule has 2 atom stereocenters. The second kappa shape index (κ2) is 13.6. The molecule has 2 unspecified atom stereocenters. The van der Waals surface area contributed by atoms with Crippen LogP contribution in [0.4, 0.5) is 0 Å². The van der Waals surface area contributed by atoms with Crippen molar-refractivity contribution in [2.24, 2.45) is 0 Å². The van der Waals surface area contributed by atoms with E-state index >= 15 is 0 Å². The number of nitrogens with one attached hydrogen (secondary N) is 5. The number of carboxylic acids is 1. The lowest BCUT2D eigenvalue weighted by Gasteiger charge is -2.22. The number of hydrogen-bond donors (Lipinski definition) is 6. The van der Waals surface area contributed by atoms with Crippen molar-refractivity contribution in [2.75, 3.05) is 19.6 Å². The minimum Gasteiger partial charge on any atom is -0.480 e. The maximum atomic E-state index is 12.9. The molecule has 13 heteroatoms. The number of aliphatic carboxylic acids is 1. The van der Waals surface area contributed by atoms with Gasteiger partial charge >= 0.3 is 5.97 Å². The van der Waals surface area contributed by atoms with Crippen LogP contribution in [0.3, 0.4) is 0 Å². The van der Waals surface area contributed by atoms with Gasteiger partial charge in [0.1, 0.15) is 12.3 Å². The first kappa shape index (κ1) is 29.9. The van der Waals surface area contributed by atoms with Crippen LogP contribution in [0.1, 0.15) is 16.8 Å². The van der Waals surface area contributed by atoms with Gasteiger partial charge in [0.25, 0.3) is 5.91 Å². The van der Waals surface area contributed by atoms with E-state index in [1.807, 2.05) is 47.3 Å². The normalized spacial score (nSPS) is 15.6. The van der Waals surface area contributed by atoms with Gasteiger partial charge in [-0.05, 0) is 54.1 Å². The van der Waals surface area contributed by atoms with Gasteiger partial charge in [-0.2, -0.15) is 9.82 Å². The number of aromatic nitrogens is 2. The number of sulfonamides is 1. The number of benzene rings is 3. The Balaban J connectivity index is 1.16. The van der Waals surface area contributed by atoms with Crippen molar-refractivity contribution in [3.63, 3.8) is 0 Å². The Kier molecular flexibility index (Phi) is 9.47. The fraction of sp³-hybridized carbons (Fsp3) is 0.233. The van der Waals surface area contributed by atoms with E-state index in [1.165, 1.54) is 12.1 Å². The summed E-state index contributed by atoms with van der Waals surface area (Å²) < 4.78 is 29.9. The highest BCUT2D eigenvalue weighted by molar-refractivity contribution is 7.89. The number of aryl methyl sites for hydroxylation is 1. The van der Waals surface area contributed by atoms with E-state index in [0.717, 1.165) is 41.5 Å². The molecular formula is C30H33N7O5S. The third-order valence-electron chi connectivity index (χ3n) is 6.95. The number of amides is 1. The fourth-order valence-corrected chi connectivity index (χ4v) is 5.86. The zero-order valence-electron chi connectivity index (χ0n) is 23.2. The molecular weight excluding hydrogens is 570 g/mol. The third kappa shape index (κ3) is 7.64. The number of nitrogens with zero attached hydrogens (tertiary/aromatic N) is 2. The van der Waals surface area contributed by atoms with Crippen LogP contribution in [0, 0.1) is 0 Å². The Morgan fingerprint density at radius 3 is 2.53 bits per heavy atom. The van der Waals surface area contributed by atoms with Crippen molar-refractivity contribution >= 4 is 32.8 Å². The molecule has 4 aromatic rings. The van der Waals surface area contributed by atoms with Crippen LogP contribution in [0.25, 0.3) is 22.0 Å². The van der Waals surface area contributed by atoms with Crippen LogP contribution in [0.2, 0.25) is 0 Å². The molecule has 2 heterocycles. The number of rotatable bonds is 13. The lowest BCUT2D eigenvalue weighted by molar-refractivity contribution is -0.138. The Morgan fingerprint density at radius 2 is 1.81 bits per heavy atom. The van der Waals surface area contributed by atoms with Gasteiger partial charge in [0.15, 0.2) is 0 Å². The van der Waals surface area contributed by atoms with Gasteiger partial charge in [-0.1, -0.05) is 48.5 Å². The maximum absolute atomic E-state index is 12.9. The van der Waals surface area contributed by atoms with Crippen LogP contribution >= 0.6 is 0 Å². The number of carbonyl (C=O) groups is 2. The van der Waals surface area contributed by atoms with Crippen LogP contribution in [-0.4, -0.2) is 67.1 Å². The fourth-order valence-electron chi connectivity index (χ4n) is 4.67. The first-order valence-electron chi connectivity index (χ1n) is 13.8. The van der Waals surface area contributed by atoms with E-state index in [0.29, 0.717) is 12.1 Å². The monoisotopic (exact) mass is 603 g/mol. The summed E-state index contributed by atoms with van der Waals surface area (Å²) in [4.78, 5) is 24.6. The maximum Gasteiger partial charge on any atom is 0.323 e. The van der Waals surface area contributed by atoms with Crippen molar-refractivity contribution in [1.82, 2.24) is 35.8 Å². The molecule has 0 spiro atoms. The lowest BCUT2D eigenvalue weighted by Crippen LogP contribution is -2.53. The first-order chi connectivity index (χ1) is 20.8. The van der Waals surface area contributed by atoms with Crippen molar-refractivity contribution in [1.29, 1.82) is 0 Å². The number of carbonyl (C=O) groups excluding carboxylic acids is 1. The molecule has 224 valence electrons. The molecule has 1 aliphatic heterocycles. The highest BCUT2D eigenvalue weighted by Gasteiger charge is 2.26. The number of carboxylic acid groups (broad SMARTS) is 1. The summed E-state index contributed by atoms with van der Waals surface area (Å²) in [5.74, 6) is -1.94. The van der Waals surface area contributed by atoms with Crippen molar-refractivity contribution < 1.29 is 23.1 Å². The largest absolute Gasteiger partial charge is 0.480 e. The average molecular weight is 604 g/mol. The van der Waals surface area contributed by atoms with Gasteiger partial charge in [0, 0.05) is 37.1 Å². The van der Waals surface area contributed by atoms with E-state index in [4.69, 9.17) is 0 Å². The Labute approximate surface area is 249 Å². The lowest BCUT2D eigenvalue weighted by atomic mass is 10.1. The second-order valence-electron chi connectivity index (χ2n) is 9.97. The predicted molar refractivity (Wildman–Crippen MR) is 162 cm³/mol. The van der Waals surface area contributed by atoms with E-state index in [1.54, 1.807) is 36.5 Å². The minimum absolute atomic E-state index is 0.0305. The standard InChI is InChI=1S/C30H33N7O5S/c38-28(23-10-13-27-24(18-23)19-35-37(27)17-5-16-33-30-31-14-4-15-32-30)34-20-26(29(39)40)36-43(41,42)25-11-8-22(9-12-25)21-6-2-1-3-7-21/h1-4,6-14,18-19,26,30-33,36H,5,15-17,20H2,(H,34,38)(H,39,40). The summed E-state index contributed by atoms with van der Waals surface area (Å²) in [5, 5.41) is 27.2. The summed E-state index contributed by atoms with van der Waals surface area (Å²) in [6.07, 6.45) is 6.46. The van der Waals surface area contributed by atoms with E-state index in [2.05, 4.69) is 31.1 Å². The quantitative estimate of drug-likeness (QED) is 0.125. The SMILES string of the molecule is O=C(NCC(NS(=O)(=O)c1ccc(-c2ccccc2)cc1)C(=O)O)c1ccc2c(cnn2CCCNC2NC=CCN2)c1. The van der Waals surface area contributed by atoms with Crippen LogP contribution < -0.4 is 26.0 Å². The molecule has 0 radical (unpaired) electrons. The first-order valence-corrected chi connectivity index (χ1v) is 15.3. The molecule has 0 fully saturated rings. The molecule has 0 bridgehead atoms. The molecule has 1 aliphatic rings. The molecule has 0 saturated carbocycles. The summed E-state index contributed by atoms with van der Waals surface area (Å²) in [5.41, 5.74) is 2.91. The molecule has 12 nitrogen and oxygen atoms in total. The molecule has 0 saturated heterocycles. The van der Waals surface area contributed by atoms with Gasteiger partial charge in [-0.15, -0.1) is 0 Å². The third-order valence-corrected chi connectivity index (χ3v) is 8.44. The van der Waals surface area contributed by atoms with Crippen LogP contribution in [0.15, 0.2) is 96.2 Å². The van der Waals surface area contributed by atoms with Gasteiger partial charge in [0.05, 0.1) is 16.6 Å². The topological polar surface area (TPSA) is 166 Å². The number of hydrogen-bond acceptors (Lipinski definition) is 8. The van der Waals surface area contributed by atoms with E-state index < -0.39 is 34.5 Å². The van der Waals surface area contributed by atoms with Crippen LogP contribution in [0.5, 0.6) is 0 Å². The summed E-state index contributed by atoms with van der Waals surface area (Å²) in [6, 6.07) is 19.1. The zero-order chi connectivity index (χ0) is 30.2. The van der Waals surface area contributed by atoms with Gasteiger partial charge in [-0.25, -0.2) is 8.42 Å². The predicted octanol–water partition coefficient (Wildman–Crippen LogP) is 1.83. The molecule has 1 aromatic heterocycles. The van der Waals surface area contributed by atoms with Crippen LogP contribution in [-0.2, 0) is 21.4 Å². The zero-order valence-corrected chi connectivity index (χ0v) is 24.0. The summed E-state index contributed by atoms with van der Waals surface area (Å²) in [6.45, 7) is 1.81. The van der Waals surface area contributed by atoms with Gasteiger partial charge < -0.3 is 15.7 Å². The minimum atomic E-state index is -4.17. The highest BCUT2D eigenvalue weighted by Crippen LogP contribution is 2.21. The highest BCUT2D eigenvalue weighted by atomic mass is 32.2. The molecule has 43 heavy (non-hydrogen) atoms. The summed E-state index contributed by atoms with van der Waals surface area (Å²) >= 11 is 0. The molecule has 6 N–H and O–H groups in total. The smallest absolute Gasteiger partial charge is 0.323 e. The average Bonchev–Trinajstić information content (AvgIpc) is 3.44. The van der Waals surface area contributed by atoms with Crippen molar-refractivity contribution in [3.8, 4) is 11.1 Å². The molecule has 0 aliphatic carbocycles. The molecule has 1 amide bonds. The Morgan fingerprint density at radius 1 is 1.05 bits per heavy atom. The van der Waals surface area contributed by atoms with Gasteiger partial charge in [0.2, 0.25) is 10.0 Å². The Hall–Kier alpha value is -4.56. The van der Waals surface area contributed by atoms with E-state index in [9.17, 15) is 23.1 Å². The molecule has 3 aromatic carbocycles. The summed E-state index contributed by atoms with van der Waals surface area (Å²) in [7, 11) is -4.17. The van der Waals surface area contributed by atoms with Crippen molar-refractivity contribution in [3.05, 3.63) is 96.8 Å². The second-order valence-corrected chi connectivity index (χ2v) is 11.7. The van der Waals surface area contributed by atoms with Crippen molar-refractivity contribution in [2.45, 2.75) is 30.2 Å². The molecule has 5 rings (SSSR count). The van der Waals surface area contributed by atoms with E-state index in [-0.39, 0.29) is 11.2 Å². The number of fused-ring (bicyclic) bond motifs is 1.